The van der Waals surface area contributed by atoms with Gasteiger partial charge in [0.15, 0.2) is 11.5 Å². The van der Waals surface area contributed by atoms with Crippen LogP contribution in [0.1, 0.15) is 33.6 Å². The number of methoxy groups -OCH3 is 2. The number of ether oxygens (including phenoxy) is 2. The lowest BCUT2D eigenvalue weighted by molar-refractivity contribution is 0.0684. The fraction of sp³-hybridized carbons (Fsp3) is 0.364. The van der Waals surface area contributed by atoms with Crippen LogP contribution in [0.2, 0.25) is 0 Å². The van der Waals surface area contributed by atoms with Crippen molar-refractivity contribution in [1.29, 1.82) is 0 Å². The Kier molecular flexibility index (Phi) is 7.14. The zero-order valence-corrected chi connectivity index (χ0v) is 18.2. The van der Waals surface area contributed by atoms with Crippen molar-refractivity contribution in [2.45, 2.75) is 12.8 Å². The number of hydrogen-bond donors (Lipinski definition) is 1. The molecule has 0 bridgehead atoms. The quantitative estimate of drug-likeness (QED) is 0.712. The first-order valence-electron chi connectivity index (χ1n) is 9.57. The molecule has 2 aromatic rings. The number of piperidine rings is 1. The minimum absolute atomic E-state index is 0.0124. The molecule has 1 aliphatic rings. The van der Waals surface area contributed by atoms with Gasteiger partial charge in [0.1, 0.15) is 0 Å². The number of carbonyl (C=O) groups is 2. The van der Waals surface area contributed by atoms with Gasteiger partial charge in [0.2, 0.25) is 0 Å². The van der Waals surface area contributed by atoms with Gasteiger partial charge >= 0.3 is 0 Å². The van der Waals surface area contributed by atoms with Gasteiger partial charge in [-0.05, 0) is 65.0 Å². The lowest BCUT2D eigenvalue weighted by Gasteiger charge is -2.32. The van der Waals surface area contributed by atoms with Crippen molar-refractivity contribution in [2.75, 3.05) is 33.9 Å². The average Bonchev–Trinajstić information content (AvgIpc) is 2.77. The standard InChI is InChI=1S/C22H25BrN2O4/c1-28-19-8-7-16(13-20(19)29-2)22(27)25-11-9-15(10-12-25)14-24-21(26)17-5-3-4-6-18(17)23/h3-8,13,15H,9-12,14H2,1-2H3,(H,24,26). The van der Waals surface area contributed by atoms with Gasteiger partial charge < -0.3 is 19.7 Å². The van der Waals surface area contributed by atoms with Crippen molar-refractivity contribution in [2.24, 2.45) is 5.92 Å². The molecule has 154 valence electrons. The van der Waals surface area contributed by atoms with Crippen LogP contribution in [-0.4, -0.2) is 50.6 Å². The zero-order valence-electron chi connectivity index (χ0n) is 16.6. The van der Waals surface area contributed by atoms with E-state index in [9.17, 15) is 9.59 Å². The van der Waals surface area contributed by atoms with Gasteiger partial charge in [0.25, 0.3) is 11.8 Å². The second-order valence-corrected chi connectivity index (χ2v) is 7.85. The van der Waals surface area contributed by atoms with Crippen LogP contribution >= 0.6 is 15.9 Å². The Labute approximate surface area is 179 Å². The molecule has 0 aromatic heterocycles. The molecule has 6 nitrogen and oxygen atoms in total. The van der Waals surface area contributed by atoms with Gasteiger partial charge in [-0.2, -0.15) is 0 Å². The highest BCUT2D eigenvalue weighted by molar-refractivity contribution is 9.10. The van der Waals surface area contributed by atoms with Gasteiger partial charge in [-0.1, -0.05) is 12.1 Å². The smallest absolute Gasteiger partial charge is 0.253 e. The molecule has 1 saturated heterocycles. The van der Waals surface area contributed by atoms with Crippen molar-refractivity contribution >= 4 is 27.7 Å². The van der Waals surface area contributed by atoms with E-state index in [2.05, 4.69) is 21.2 Å². The van der Waals surface area contributed by atoms with Crippen molar-refractivity contribution < 1.29 is 19.1 Å². The third-order valence-corrected chi connectivity index (χ3v) is 5.89. The van der Waals surface area contributed by atoms with E-state index in [-0.39, 0.29) is 11.8 Å². The summed E-state index contributed by atoms with van der Waals surface area (Å²) in [5.74, 6) is 1.41. The van der Waals surface area contributed by atoms with Crippen molar-refractivity contribution in [3.05, 3.63) is 58.1 Å². The normalized spacial score (nSPS) is 14.4. The van der Waals surface area contributed by atoms with Crippen LogP contribution in [0.4, 0.5) is 0 Å². The maximum atomic E-state index is 12.8. The summed E-state index contributed by atoms with van der Waals surface area (Å²) in [4.78, 5) is 27.0. The molecular weight excluding hydrogens is 436 g/mol. The second kappa shape index (κ2) is 9.78. The maximum Gasteiger partial charge on any atom is 0.253 e. The van der Waals surface area contributed by atoms with Crippen LogP contribution in [0.5, 0.6) is 11.5 Å². The summed E-state index contributed by atoms with van der Waals surface area (Å²) < 4.78 is 11.3. The first kappa shape index (κ1) is 21.2. The topological polar surface area (TPSA) is 67.9 Å². The zero-order chi connectivity index (χ0) is 20.8. The van der Waals surface area contributed by atoms with E-state index in [0.29, 0.717) is 48.2 Å². The monoisotopic (exact) mass is 460 g/mol. The first-order valence-corrected chi connectivity index (χ1v) is 10.4. The van der Waals surface area contributed by atoms with Gasteiger partial charge in [0, 0.05) is 29.7 Å². The molecule has 0 radical (unpaired) electrons. The third-order valence-electron chi connectivity index (χ3n) is 5.20. The van der Waals surface area contributed by atoms with Crippen molar-refractivity contribution in [1.82, 2.24) is 10.2 Å². The molecule has 1 heterocycles. The van der Waals surface area contributed by atoms with Gasteiger partial charge in [-0.25, -0.2) is 0 Å². The van der Waals surface area contributed by atoms with Crippen molar-refractivity contribution in [3.63, 3.8) is 0 Å². The number of amides is 2. The molecule has 29 heavy (non-hydrogen) atoms. The van der Waals surface area contributed by atoms with Gasteiger partial charge in [0.05, 0.1) is 19.8 Å². The van der Waals surface area contributed by atoms with Crippen LogP contribution < -0.4 is 14.8 Å². The van der Waals surface area contributed by atoms with E-state index >= 15 is 0 Å². The van der Waals surface area contributed by atoms with E-state index in [0.717, 1.165) is 17.3 Å². The average molecular weight is 461 g/mol. The van der Waals surface area contributed by atoms with Crippen LogP contribution in [0.15, 0.2) is 46.9 Å². The summed E-state index contributed by atoms with van der Waals surface area (Å²) in [5.41, 5.74) is 1.22. The van der Waals surface area contributed by atoms with E-state index in [1.165, 1.54) is 0 Å². The maximum absolute atomic E-state index is 12.8. The number of rotatable bonds is 6. The summed E-state index contributed by atoms with van der Waals surface area (Å²) in [6.07, 6.45) is 1.71. The molecule has 3 rings (SSSR count). The van der Waals surface area contributed by atoms with Crippen LogP contribution in [0, 0.1) is 5.92 Å². The highest BCUT2D eigenvalue weighted by atomic mass is 79.9. The Morgan fingerprint density at radius 3 is 2.41 bits per heavy atom. The molecule has 0 unspecified atom stereocenters. The number of benzene rings is 2. The summed E-state index contributed by atoms with van der Waals surface area (Å²) in [6.45, 7) is 1.95. The fourth-order valence-corrected chi connectivity index (χ4v) is 3.93. The molecule has 0 saturated carbocycles. The van der Waals surface area contributed by atoms with E-state index in [1.54, 1.807) is 38.5 Å². The number of likely N-dealkylation sites (tertiary alicyclic amines) is 1. The summed E-state index contributed by atoms with van der Waals surface area (Å²) >= 11 is 3.41. The summed E-state index contributed by atoms with van der Waals surface area (Å²) in [6, 6.07) is 12.6. The molecule has 2 aromatic carbocycles. The summed E-state index contributed by atoms with van der Waals surface area (Å²) in [5, 5.41) is 3.01. The predicted octanol–water partition coefficient (Wildman–Crippen LogP) is 3.75. The number of hydrogen-bond acceptors (Lipinski definition) is 4. The molecule has 0 atom stereocenters. The Hall–Kier alpha value is -2.54. The lowest BCUT2D eigenvalue weighted by atomic mass is 9.96. The molecule has 1 aliphatic heterocycles. The molecular formula is C22H25BrN2O4. The highest BCUT2D eigenvalue weighted by Crippen LogP contribution is 2.29. The third kappa shape index (κ3) is 5.09. The predicted molar refractivity (Wildman–Crippen MR) is 115 cm³/mol. The van der Waals surface area contributed by atoms with Crippen LogP contribution in [0.25, 0.3) is 0 Å². The molecule has 7 heteroatoms. The van der Waals surface area contributed by atoms with E-state index < -0.39 is 0 Å². The summed E-state index contributed by atoms with van der Waals surface area (Å²) in [7, 11) is 3.12. The SMILES string of the molecule is COc1ccc(C(=O)N2CCC(CNC(=O)c3ccccc3Br)CC2)cc1OC. The molecule has 0 aliphatic carbocycles. The van der Waals surface area contributed by atoms with Gasteiger partial charge in [-0.3, -0.25) is 9.59 Å². The van der Waals surface area contributed by atoms with Crippen LogP contribution in [0.3, 0.4) is 0 Å². The Morgan fingerprint density at radius 1 is 1.07 bits per heavy atom. The Balaban J connectivity index is 1.52. The van der Waals surface area contributed by atoms with Gasteiger partial charge in [-0.15, -0.1) is 0 Å². The number of carbonyl (C=O) groups excluding carboxylic acids is 2. The molecule has 1 N–H and O–H groups in total. The van der Waals surface area contributed by atoms with Crippen LogP contribution in [-0.2, 0) is 0 Å². The second-order valence-electron chi connectivity index (χ2n) is 7.00. The largest absolute Gasteiger partial charge is 0.493 e. The molecule has 1 fully saturated rings. The number of nitrogens with zero attached hydrogens (tertiary/aromatic N) is 1. The highest BCUT2D eigenvalue weighted by Gasteiger charge is 2.25. The number of nitrogens with one attached hydrogen (secondary N) is 1. The Bertz CT molecular complexity index is 879. The molecule has 0 spiro atoms. The lowest BCUT2D eigenvalue weighted by Crippen LogP contribution is -2.41. The molecule has 2 amide bonds. The minimum atomic E-state index is -0.0821. The Morgan fingerprint density at radius 2 is 1.76 bits per heavy atom. The first-order chi connectivity index (χ1) is 14.0. The van der Waals surface area contributed by atoms with E-state index in [4.69, 9.17) is 9.47 Å². The minimum Gasteiger partial charge on any atom is -0.493 e. The number of halogens is 1. The fourth-order valence-electron chi connectivity index (χ4n) is 3.47. The van der Waals surface area contributed by atoms with E-state index in [1.807, 2.05) is 23.1 Å². The van der Waals surface area contributed by atoms with Crippen molar-refractivity contribution in [3.8, 4) is 11.5 Å².